The maximum atomic E-state index is 12.1. The molecule has 2 aromatic rings. The number of cyclic esters (lactones) is 1. The third kappa shape index (κ3) is 3.30. The number of carbonyl (C=O) groups excluding carboxylic acids is 1. The molecule has 0 unspecified atom stereocenters. The van der Waals surface area contributed by atoms with Crippen molar-refractivity contribution in [1.82, 2.24) is 0 Å². The van der Waals surface area contributed by atoms with Crippen molar-refractivity contribution in [3.05, 3.63) is 69.3 Å². The van der Waals surface area contributed by atoms with Crippen LogP contribution >= 0.6 is 23.2 Å². The monoisotopic (exact) mass is 361 g/mol. The van der Waals surface area contributed by atoms with E-state index in [9.17, 15) is 4.79 Å². The molecule has 0 atom stereocenters. The van der Waals surface area contributed by atoms with Gasteiger partial charge in [-0.3, -0.25) is 0 Å². The van der Waals surface area contributed by atoms with E-state index in [0.29, 0.717) is 28.0 Å². The molecular weight excluding hydrogens is 349 g/mol. The van der Waals surface area contributed by atoms with Crippen LogP contribution in [0.3, 0.4) is 0 Å². The van der Waals surface area contributed by atoms with Crippen LogP contribution in [0.1, 0.15) is 18.1 Å². The zero-order chi connectivity index (χ0) is 17.1. The quantitative estimate of drug-likeness (QED) is 0.583. The molecule has 0 radical (unpaired) electrons. The molecular formula is C18H13Cl2NO3. The maximum absolute atomic E-state index is 12.1. The normalized spacial score (nSPS) is 15.4. The van der Waals surface area contributed by atoms with Gasteiger partial charge in [0, 0.05) is 5.56 Å². The molecule has 0 bridgehead atoms. The van der Waals surface area contributed by atoms with Crippen molar-refractivity contribution in [2.24, 2.45) is 4.99 Å². The molecule has 24 heavy (non-hydrogen) atoms. The summed E-state index contributed by atoms with van der Waals surface area (Å²) in [6.45, 7) is 2.42. The Labute approximate surface area is 149 Å². The van der Waals surface area contributed by atoms with Crippen molar-refractivity contribution >= 4 is 41.1 Å². The number of aliphatic imine (C=N–C) groups is 1. The number of rotatable bonds is 4. The van der Waals surface area contributed by atoms with Crippen LogP contribution in [0.2, 0.25) is 10.0 Å². The fourth-order valence-electron chi connectivity index (χ4n) is 2.23. The second kappa shape index (κ2) is 7.07. The van der Waals surface area contributed by atoms with Crippen molar-refractivity contribution in [2.45, 2.75) is 6.92 Å². The van der Waals surface area contributed by atoms with Gasteiger partial charge in [-0.05, 0) is 31.2 Å². The second-order valence-electron chi connectivity index (χ2n) is 4.91. The van der Waals surface area contributed by atoms with Gasteiger partial charge in [0.15, 0.2) is 5.70 Å². The van der Waals surface area contributed by atoms with Crippen LogP contribution in [0.25, 0.3) is 6.08 Å². The standard InChI is InChI=1S/C18H13Cl2NO3/c1-2-23-15-9-4-3-6-11(15)10-14-18(22)24-17(21-14)12-7-5-8-13(19)16(12)20/h3-10H,2H2,1H3/b14-10+. The summed E-state index contributed by atoms with van der Waals surface area (Å²) in [7, 11) is 0. The largest absolute Gasteiger partial charge is 0.493 e. The third-order valence-corrected chi connectivity index (χ3v) is 4.13. The van der Waals surface area contributed by atoms with Crippen LogP contribution in [0.5, 0.6) is 5.75 Å². The molecule has 3 rings (SSSR count). The van der Waals surface area contributed by atoms with Gasteiger partial charge in [-0.25, -0.2) is 9.79 Å². The van der Waals surface area contributed by atoms with E-state index < -0.39 is 5.97 Å². The van der Waals surface area contributed by atoms with Crippen LogP contribution in [-0.2, 0) is 9.53 Å². The zero-order valence-corrected chi connectivity index (χ0v) is 14.3. The molecule has 0 saturated heterocycles. The topological polar surface area (TPSA) is 47.9 Å². The lowest BCUT2D eigenvalue weighted by atomic mass is 10.1. The Morgan fingerprint density at radius 1 is 1.17 bits per heavy atom. The zero-order valence-electron chi connectivity index (χ0n) is 12.8. The first kappa shape index (κ1) is 16.6. The lowest BCUT2D eigenvalue weighted by Crippen LogP contribution is -2.06. The summed E-state index contributed by atoms with van der Waals surface area (Å²) in [5, 5.41) is 0.661. The number of carbonyl (C=O) groups is 1. The molecule has 0 spiro atoms. The van der Waals surface area contributed by atoms with E-state index in [0.717, 1.165) is 5.56 Å². The fraction of sp³-hybridized carbons (Fsp3) is 0.111. The van der Waals surface area contributed by atoms with Crippen LogP contribution in [0, 0.1) is 0 Å². The molecule has 1 aliphatic heterocycles. The Hall–Kier alpha value is -2.30. The molecule has 4 nitrogen and oxygen atoms in total. The Morgan fingerprint density at radius 3 is 2.75 bits per heavy atom. The number of hydrogen-bond acceptors (Lipinski definition) is 4. The molecule has 1 aliphatic rings. The first-order valence-corrected chi connectivity index (χ1v) is 8.04. The smallest absolute Gasteiger partial charge is 0.363 e. The maximum Gasteiger partial charge on any atom is 0.363 e. The lowest BCUT2D eigenvalue weighted by Gasteiger charge is -2.06. The number of hydrogen-bond donors (Lipinski definition) is 0. The number of para-hydroxylation sites is 1. The summed E-state index contributed by atoms with van der Waals surface area (Å²) in [5.74, 6) is 0.254. The fourth-order valence-corrected chi connectivity index (χ4v) is 2.61. The van der Waals surface area contributed by atoms with Crippen LogP contribution in [0.15, 0.2) is 53.2 Å². The van der Waals surface area contributed by atoms with Gasteiger partial charge in [-0.15, -0.1) is 0 Å². The first-order chi connectivity index (χ1) is 11.6. The minimum atomic E-state index is -0.549. The highest BCUT2D eigenvalue weighted by molar-refractivity contribution is 6.44. The molecule has 6 heteroatoms. The number of halogens is 2. The minimum Gasteiger partial charge on any atom is -0.493 e. The van der Waals surface area contributed by atoms with E-state index in [4.69, 9.17) is 32.7 Å². The summed E-state index contributed by atoms with van der Waals surface area (Å²) < 4.78 is 10.8. The van der Waals surface area contributed by atoms with Crippen LogP contribution in [-0.4, -0.2) is 18.5 Å². The number of nitrogens with zero attached hydrogens (tertiary/aromatic N) is 1. The minimum absolute atomic E-state index is 0.132. The molecule has 1 heterocycles. The predicted octanol–water partition coefficient (Wildman–Crippen LogP) is 4.74. The first-order valence-electron chi connectivity index (χ1n) is 7.29. The number of benzene rings is 2. The van der Waals surface area contributed by atoms with Crippen molar-refractivity contribution in [1.29, 1.82) is 0 Å². The molecule has 122 valence electrons. The Morgan fingerprint density at radius 2 is 1.96 bits per heavy atom. The highest BCUT2D eigenvalue weighted by Crippen LogP contribution is 2.30. The van der Waals surface area contributed by atoms with E-state index in [2.05, 4.69) is 4.99 Å². The summed E-state index contributed by atoms with van der Waals surface area (Å²) in [6.07, 6.45) is 1.62. The van der Waals surface area contributed by atoms with Gasteiger partial charge in [0.25, 0.3) is 0 Å². The summed E-state index contributed by atoms with van der Waals surface area (Å²) in [4.78, 5) is 16.4. The van der Waals surface area contributed by atoms with Gasteiger partial charge < -0.3 is 9.47 Å². The Bertz CT molecular complexity index is 859. The van der Waals surface area contributed by atoms with Gasteiger partial charge in [0.2, 0.25) is 5.90 Å². The second-order valence-corrected chi connectivity index (χ2v) is 5.69. The molecule has 0 aliphatic carbocycles. The molecule has 0 saturated carbocycles. The SMILES string of the molecule is CCOc1ccccc1/C=C1/N=C(c2cccc(Cl)c2Cl)OC1=O. The third-order valence-electron chi connectivity index (χ3n) is 3.31. The highest BCUT2D eigenvalue weighted by atomic mass is 35.5. The van der Waals surface area contributed by atoms with Crippen molar-refractivity contribution < 1.29 is 14.3 Å². The van der Waals surface area contributed by atoms with Gasteiger partial charge in [-0.1, -0.05) is 47.5 Å². The van der Waals surface area contributed by atoms with Gasteiger partial charge in [0.05, 0.1) is 22.2 Å². The van der Waals surface area contributed by atoms with E-state index in [1.807, 2.05) is 31.2 Å². The number of esters is 1. The lowest BCUT2D eigenvalue weighted by molar-refractivity contribution is -0.129. The van der Waals surface area contributed by atoms with E-state index in [1.165, 1.54) is 0 Å². The van der Waals surface area contributed by atoms with Gasteiger partial charge in [-0.2, -0.15) is 0 Å². The van der Waals surface area contributed by atoms with Crippen LogP contribution < -0.4 is 4.74 Å². The number of ether oxygens (including phenoxy) is 2. The Kier molecular flexibility index (Phi) is 4.88. The van der Waals surface area contributed by atoms with E-state index >= 15 is 0 Å². The molecule has 2 aromatic carbocycles. The van der Waals surface area contributed by atoms with Gasteiger partial charge in [0.1, 0.15) is 5.75 Å². The molecule has 0 N–H and O–H groups in total. The van der Waals surface area contributed by atoms with Gasteiger partial charge >= 0.3 is 5.97 Å². The van der Waals surface area contributed by atoms with E-state index in [-0.39, 0.29) is 11.6 Å². The summed E-state index contributed by atoms with van der Waals surface area (Å²) in [5.41, 5.74) is 1.39. The highest BCUT2D eigenvalue weighted by Gasteiger charge is 2.26. The average molecular weight is 362 g/mol. The summed E-state index contributed by atoms with van der Waals surface area (Å²) >= 11 is 12.1. The molecule has 0 fully saturated rings. The Balaban J connectivity index is 1.99. The van der Waals surface area contributed by atoms with Crippen molar-refractivity contribution in [3.63, 3.8) is 0 Å². The predicted molar refractivity (Wildman–Crippen MR) is 94.7 cm³/mol. The molecule has 0 amide bonds. The van der Waals surface area contributed by atoms with E-state index in [1.54, 1.807) is 24.3 Å². The van der Waals surface area contributed by atoms with Crippen molar-refractivity contribution in [2.75, 3.05) is 6.61 Å². The van der Waals surface area contributed by atoms with Crippen LogP contribution in [0.4, 0.5) is 0 Å². The average Bonchev–Trinajstić information content (AvgIpc) is 2.93. The summed E-state index contributed by atoms with van der Waals surface area (Å²) in [6, 6.07) is 12.4. The molecule has 0 aromatic heterocycles. The van der Waals surface area contributed by atoms with Crippen molar-refractivity contribution in [3.8, 4) is 5.75 Å².